The highest BCUT2D eigenvalue weighted by atomic mass is 16.5. The van der Waals surface area contributed by atoms with Crippen molar-refractivity contribution in [1.82, 2.24) is 10.3 Å². The van der Waals surface area contributed by atoms with Gasteiger partial charge in [-0.05, 0) is 30.9 Å². The molecule has 1 aromatic heterocycles. The molecule has 0 bridgehead atoms. The molecule has 2 aliphatic rings. The standard InChI is InChI=1S/C21H24N2O3/c1-5-10-26-20(25)17-13(2)23-15-11-21(3,4)12-16(24)18(15)19(17)14-8-6-7-9-22-14/h5-9,19,23H,1,10-12H2,2-4H3/t19-/m1/s1. The number of hydrogen-bond donors (Lipinski definition) is 1. The summed E-state index contributed by atoms with van der Waals surface area (Å²) in [5.74, 6) is -0.899. The maximum absolute atomic E-state index is 13.0. The molecule has 2 heterocycles. The van der Waals surface area contributed by atoms with Crippen LogP contribution in [0.25, 0.3) is 0 Å². The van der Waals surface area contributed by atoms with Crippen molar-refractivity contribution < 1.29 is 14.3 Å². The molecular formula is C21H24N2O3. The summed E-state index contributed by atoms with van der Waals surface area (Å²) in [5.41, 5.74) is 3.24. The zero-order chi connectivity index (χ0) is 18.9. The number of ketones is 1. The number of esters is 1. The van der Waals surface area contributed by atoms with Gasteiger partial charge in [-0.15, -0.1) is 0 Å². The molecule has 1 atom stereocenters. The van der Waals surface area contributed by atoms with Gasteiger partial charge in [0.25, 0.3) is 0 Å². The first-order valence-electron chi connectivity index (χ1n) is 8.77. The number of ether oxygens (including phenoxy) is 1. The van der Waals surface area contributed by atoms with Crippen LogP contribution in [0.2, 0.25) is 0 Å². The molecule has 1 aliphatic carbocycles. The number of nitrogens with one attached hydrogen (secondary N) is 1. The molecule has 1 aromatic rings. The number of Topliss-reactive ketones (excluding diaryl/α,β-unsaturated/α-hetero) is 1. The Hall–Kier alpha value is -2.69. The molecule has 0 unspecified atom stereocenters. The first-order valence-corrected chi connectivity index (χ1v) is 8.77. The lowest BCUT2D eigenvalue weighted by Gasteiger charge is -2.39. The predicted molar refractivity (Wildman–Crippen MR) is 99.0 cm³/mol. The first-order chi connectivity index (χ1) is 12.3. The molecule has 0 saturated carbocycles. The molecule has 0 spiro atoms. The lowest BCUT2D eigenvalue weighted by Crippen LogP contribution is -2.38. The van der Waals surface area contributed by atoms with Gasteiger partial charge in [0, 0.05) is 29.6 Å². The summed E-state index contributed by atoms with van der Waals surface area (Å²) in [5, 5.41) is 3.30. The summed E-state index contributed by atoms with van der Waals surface area (Å²) in [6.45, 7) is 9.71. The van der Waals surface area contributed by atoms with Crippen LogP contribution in [-0.2, 0) is 14.3 Å². The minimum atomic E-state index is -0.506. The highest BCUT2D eigenvalue weighted by molar-refractivity contribution is 6.04. The molecule has 5 nitrogen and oxygen atoms in total. The van der Waals surface area contributed by atoms with Gasteiger partial charge in [0.2, 0.25) is 0 Å². The van der Waals surface area contributed by atoms with E-state index in [1.807, 2.05) is 25.1 Å². The van der Waals surface area contributed by atoms with Crippen molar-refractivity contribution in [3.63, 3.8) is 0 Å². The van der Waals surface area contributed by atoms with Crippen LogP contribution in [0.1, 0.15) is 45.2 Å². The molecule has 3 rings (SSSR count). The van der Waals surface area contributed by atoms with E-state index in [4.69, 9.17) is 4.74 Å². The smallest absolute Gasteiger partial charge is 0.337 e. The third-order valence-corrected chi connectivity index (χ3v) is 4.78. The molecule has 0 saturated heterocycles. The van der Waals surface area contributed by atoms with Crippen LogP contribution in [0, 0.1) is 5.41 Å². The summed E-state index contributed by atoms with van der Waals surface area (Å²) < 4.78 is 5.29. The van der Waals surface area contributed by atoms with Crippen LogP contribution in [0.3, 0.4) is 0 Å². The lowest BCUT2D eigenvalue weighted by molar-refractivity contribution is -0.138. The lowest BCUT2D eigenvalue weighted by atomic mass is 9.69. The molecule has 1 aliphatic heterocycles. The van der Waals surface area contributed by atoms with Crippen LogP contribution in [0.4, 0.5) is 0 Å². The number of rotatable bonds is 4. The van der Waals surface area contributed by atoms with E-state index in [1.54, 1.807) is 6.20 Å². The number of hydrogen-bond acceptors (Lipinski definition) is 5. The fourth-order valence-electron chi connectivity index (χ4n) is 3.76. The van der Waals surface area contributed by atoms with Gasteiger partial charge in [0.15, 0.2) is 5.78 Å². The van der Waals surface area contributed by atoms with Gasteiger partial charge >= 0.3 is 5.97 Å². The van der Waals surface area contributed by atoms with Crippen LogP contribution in [-0.4, -0.2) is 23.3 Å². The summed E-state index contributed by atoms with van der Waals surface area (Å²) in [4.78, 5) is 30.2. The van der Waals surface area contributed by atoms with E-state index in [2.05, 4.69) is 30.7 Å². The van der Waals surface area contributed by atoms with E-state index in [9.17, 15) is 9.59 Å². The minimum Gasteiger partial charge on any atom is -0.458 e. The van der Waals surface area contributed by atoms with E-state index in [0.29, 0.717) is 29.0 Å². The van der Waals surface area contributed by atoms with Crippen molar-refractivity contribution in [1.29, 1.82) is 0 Å². The molecule has 0 fully saturated rings. The molecule has 26 heavy (non-hydrogen) atoms. The predicted octanol–water partition coefficient (Wildman–Crippen LogP) is 3.41. The molecular weight excluding hydrogens is 328 g/mol. The third kappa shape index (κ3) is 3.34. The maximum Gasteiger partial charge on any atom is 0.337 e. The van der Waals surface area contributed by atoms with E-state index < -0.39 is 11.9 Å². The van der Waals surface area contributed by atoms with Gasteiger partial charge in [-0.2, -0.15) is 0 Å². The van der Waals surface area contributed by atoms with Gasteiger partial charge in [0.05, 0.1) is 17.2 Å². The van der Waals surface area contributed by atoms with Crippen LogP contribution in [0.15, 0.2) is 59.6 Å². The minimum absolute atomic E-state index is 0.0564. The van der Waals surface area contributed by atoms with Gasteiger partial charge in [-0.25, -0.2) is 4.79 Å². The normalized spacial score (nSPS) is 21.8. The molecule has 1 N–H and O–H groups in total. The van der Waals surface area contributed by atoms with E-state index in [0.717, 1.165) is 12.1 Å². The Morgan fingerprint density at radius 3 is 2.85 bits per heavy atom. The summed E-state index contributed by atoms with van der Waals surface area (Å²) in [6, 6.07) is 5.53. The fourth-order valence-corrected chi connectivity index (χ4v) is 3.76. The molecule has 0 aromatic carbocycles. The summed E-state index contributed by atoms with van der Waals surface area (Å²) >= 11 is 0. The SMILES string of the molecule is C=CCOC(=O)C1=C(C)NC2=C(C(=O)CC(C)(C)C2)[C@@H]1c1ccccn1. The van der Waals surface area contributed by atoms with Crippen molar-refractivity contribution in [3.8, 4) is 0 Å². The highest BCUT2D eigenvalue weighted by Crippen LogP contribution is 2.46. The van der Waals surface area contributed by atoms with Crippen molar-refractivity contribution >= 4 is 11.8 Å². The number of pyridine rings is 1. The number of allylic oxidation sites excluding steroid dienone is 3. The largest absolute Gasteiger partial charge is 0.458 e. The summed E-state index contributed by atoms with van der Waals surface area (Å²) in [7, 11) is 0. The van der Waals surface area contributed by atoms with Gasteiger partial charge in [-0.1, -0.05) is 32.6 Å². The Bertz CT molecular complexity index is 819. The average Bonchev–Trinajstić information content (AvgIpc) is 2.58. The Morgan fingerprint density at radius 1 is 1.42 bits per heavy atom. The van der Waals surface area contributed by atoms with E-state index >= 15 is 0 Å². The number of nitrogens with zero attached hydrogens (tertiary/aromatic N) is 1. The molecule has 5 heteroatoms. The third-order valence-electron chi connectivity index (χ3n) is 4.78. The first kappa shape index (κ1) is 18.1. The second-order valence-corrected chi connectivity index (χ2v) is 7.57. The Kier molecular flexibility index (Phi) is 4.81. The number of aromatic nitrogens is 1. The zero-order valence-corrected chi connectivity index (χ0v) is 15.5. The zero-order valence-electron chi connectivity index (χ0n) is 15.5. The highest BCUT2D eigenvalue weighted by Gasteiger charge is 2.43. The van der Waals surface area contributed by atoms with E-state index in [1.165, 1.54) is 6.08 Å². The fraction of sp³-hybridized carbons (Fsp3) is 0.381. The quantitative estimate of drug-likeness (QED) is 0.664. The number of dihydropyridines is 1. The average molecular weight is 352 g/mol. The van der Waals surface area contributed by atoms with Crippen molar-refractivity contribution in [2.75, 3.05) is 6.61 Å². The van der Waals surface area contributed by atoms with Gasteiger partial charge in [-0.3, -0.25) is 9.78 Å². The van der Waals surface area contributed by atoms with Crippen LogP contribution in [0.5, 0.6) is 0 Å². The van der Waals surface area contributed by atoms with E-state index in [-0.39, 0.29) is 17.8 Å². The number of carbonyl (C=O) groups is 2. The van der Waals surface area contributed by atoms with Gasteiger partial charge < -0.3 is 10.1 Å². The van der Waals surface area contributed by atoms with Gasteiger partial charge in [0.1, 0.15) is 6.61 Å². The maximum atomic E-state index is 13.0. The topological polar surface area (TPSA) is 68.3 Å². The van der Waals surface area contributed by atoms with Crippen LogP contribution >= 0.6 is 0 Å². The molecule has 0 amide bonds. The Labute approximate surface area is 153 Å². The van der Waals surface area contributed by atoms with Crippen LogP contribution < -0.4 is 5.32 Å². The van der Waals surface area contributed by atoms with Crippen molar-refractivity contribution in [2.24, 2.45) is 5.41 Å². The Balaban J connectivity index is 2.13. The second-order valence-electron chi connectivity index (χ2n) is 7.57. The van der Waals surface area contributed by atoms with Crippen molar-refractivity contribution in [2.45, 2.75) is 39.5 Å². The monoisotopic (exact) mass is 352 g/mol. The molecule has 0 radical (unpaired) electrons. The second kappa shape index (κ2) is 6.90. The molecule has 136 valence electrons. The number of carbonyl (C=O) groups excluding carboxylic acids is 2. The Morgan fingerprint density at radius 2 is 2.19 bits per heavy atom. The van der Waals surface area contributed by atoms with Crippen molar-refractivity contribution in [3.05, 3.63) is 65.3 Å². The summed E-state index contributed by atoms with van der Waals surface area (Å²) in [6.07, 6.45) is 4.41.